The number of ether oxygens (including phenoxy) is 2. The highest BCUT2D eigenvalue weighted by Crippen LogP contribution is 2.16. The Bertz CT molecular complexity index is 1030. The Morgan fingerprint density at radius 2 is 1.11 bits per heavy atom. The van der Waals surface area contributed by atoms with Crippen LogP contribution in [0, 0.1) is 0 Å². The maximum Gasteiger partial charge on any atom is 0.338 e. The summed E-state index contributed by atoms with van der Waals surface area (Å²) < 4.78 is 9.35. The summed E-state index contributed by atoms with van der Waals surface area (Å²) in [7, 11) is 1.31. The average Bonchev–Trinajstić information content (AvgIpc) is 2.82. The first kappa shape index (κ1) is 32.4. The van der Waals surface area contributed by atoms with Crippen molar-refractivity contribution in [3.63, 3.8) is 0 Å². The Balaban J connectivity index is 0.000000527. The number of benzene rings is 2. The molecular formula is C24H28O13. The van der Waals surface area contributed by atoms with Crippen LogP contribution in [0.5, 0.6) is 11.5 Å². The molecule has 0 atom stereocenters. The van der Waals surface area contributed by atoms with E-state index in [1.807, 2.05) is 6.92 Å². The number of hydrogen-bond donors (Lipinski definition) is 6. The molecule has 0 radical (unpaired) electrons. The first-order valence-corrected chi connectivity index (χ1v) is 10.5. The number of carboxylic acid groups (broad SMARTS) is 3. The van der Waals surface area contributed by atoms with E-state index in [1.54, 1.807) is 0 Å². The Morgan fingerprint density at radius 3 is 1.41 bits per heavy atom. The van der Waals surface area contributed by atoms with E-state index in [4.69, 9.17) is 35.4 Å². The highest BCUT2D eigenvalue weighted by molar-refractivity contribution is 5.90. The topological polar surface area (TPSA) is 225 Å². The van der Waals surface area contributed by atoms with Crippen LogP contribution in [0.2, 0.25) is 0 Å². The lowest BCUT2D eigenvalue weighted by Gasteiger charge is -2.18. The second-order valence-corrected chi connectivity index (χ2v) is 7.20. The number of carbonyl (C=O) groups excluding carboxylic acids is 2. The average molecular weight is 524 g/mol. The van der Waals surface area contributed by atoms with Crippen LogP contribution in [-0.4, -0.2) is 79.8 Å². The number of aliphatic carboxylic acids is 3. The van der Waals surface area contributed by atoms with Crippen LogP contribution in [0.25, 0.3) is 0 Å². The Morgan fingerprint density at radius 1 is 0.730 bits per heavy atom. The fourth-order valence-corrected chi connectivity index (χ4v) is 2.31. The first-order chi connectivity index (χ1) is 17.2. The smallest absolute Gasteiger partial charge is 0.338 e. The van der Waals surface area contributed by atoms with Gasteiger partial charge in [-0.1, -0.05) is 6.92 Å². The predicted molar refractivity (Wildman–Crippen MR) is 125 cm³/mol. The molecule has 0 heterocycles. The van der Waals surface area contributed by atoms with Crippen molar-refractivity contribution in [1.82, 2.24) is 0 Å². The molecule has 202 valence electrons. The van der Waals surface area contributed by atoms with Crippen molar-refractivity contribution >= 4 is 29.8 Å². The number of carboxylic acids is 3. The van der Waals surface area contributed by atoms with E-state index in [1.165, 1.54) is 55.6 Å². The molecule has 0 unspecified atom stereocenters. The minimum Gasteiger partial charge on any atom is -0.508 e. The van der Waals surface area contributed by atoms with Gasteiger partial charge in [-0.3, -0.25) is 9.59 Å². The lowest BCUT2D eigenvalue weighted by molar-refractivity contribution is -0.170. The molecule has 0 aliphatic rings. The quantitative estimate of drug-likeness (QED) is 0.258. The molecule has 0 saturated heterocycles. The number of esters is 2. The summed E-state index contributed by atoms with van der Waals surface area (Å²) >= 11 is 0. The molecule has 0 bridgehead atoms. The molecular weight excluding hydrogens is 496 g/mol. The Hall–Kier alpha value is -4.65. The Kier molecular flexibility index (Phi) is 14.1. The molecule has 13 nitrogen and oxygen atoms in total. The van der Waals surface area contributed by atoms with E-state index in [9.17, 15) is 24.0 Å². The largest absolute Gasteiger partial charge is 0.508 e. The first-order valence-electron chi connectivity index (χ1n) is 10.5. The number of aliphatic hydroxyl groups is 1. The summed E-state index contributed by atoms with van der Waals surface area (Å²) in [5, 5.41) is 51.6. The zero-order valence-electron chi connectivity index (χ0n) is 20.0. The molecule has 2 aromatic carbocycles. The summed E-state index contributed by atoms with van der Waals surface area (Å²) in [5.41, 5.74) is -1.84. The molecule has 0 aliphatic heterocycles. The number of hydrogen-bond acceptors (Lipinski definition) is 10. The molecule has 2 rings (SSSR count). The normalized spacial score (nSPS) is 9.92. The van der Waals surface area contributed by atoms with E-state index in [2.05, 4.69) is 4.74 Å². The standard InChI is InChI=1S/C10H12O3.C8H8O3.C6H8O7/c1-2-7-13-10(12)8-3-5-9(11)6-4-8;1-11-8(10)6-2-4-7(9)5-3-6;7-3(8)1-6(13,5(11)12)2-4(9)10/h3-6,11H,2,7H2,1H3;2-5,9H,1H3;13H,1-2H2,(H,7,8)(H,9,10)(H,11,12). The van der Waals surface area contributed by atoms with Crippen LogP contribution in [0.4, 0.5) is 0 Å². The van der Waals surface area contributed by atoms with E-state index < -0.39 is 42.3 Å². The van der Waals surface area contributed by atoms with Gasteiger partial charge in [0.1, 0.15) is 11.5 Å². The van der Waals surface area contributed by atoms with E-state index in [0.29, 0.717) is 17.7 Å². The van der Waals surface area contributed by atoms with Gasteiger partial charge < -0.3 is 40.1 Å². The Labute approximate surface area is 211 Å². The second kappa shape index (κ2) is 16.1. The summed E-state index contributed by atoms with van der Waals surface area (Å²) in [6, 6.07) is 11.9. The van der Waals surface area contributed by atoms with Crippen molar-refractivity contribution < 1.29 is 64.1 Å². The maximum atomic E-state index is 11.2. The molecule has 0 aliphatic carbocycles. The zero-order chi connectivity index (χ0) is 28.6. The highest BCUT2D eigenvalue weighted by atomic mass is 16.5. The SMILES string of the molecule is CCCOC(=O)c1ccc(O)cc1.COC(=O)c1ccc(O)cc1.O=C(O)CC(O)(CC(=O)O)C(=O)O. The van der Waals surface area contributed by atoms with Gasteiger partial charge in [0.2, 0.25) is 0 Å². The third-order valence-electron chi connectivity index (χ3n) is 4.11. The van der Waals surface area contributed by atoms with Crippen LogP contribution in [0.1, 0.15) is 46.9 Å². The molecule has 2 aromatic rings. The number of aromatic hydroxyl groups is 2. The van der Waals surface area contributed by atoms with Crippen molar-refractivity contribution in [2.75, 3.05) is 13.7 Å². The van der Waals surface area contributed by atoms with Crippen LogP contribution >= 0.6 is 0 Å². The second-order valence-electron chi connectivity index (χ2n) is 7.20. The fraction of sp³-hybridized carbons (Fsp3) is 0.292. The third kappa shape index (κ3) is 13.1. The summed E-state index contributed by atoms with van der Waals surface area (Å²) in [6.45, 7) is 2.36. The van der Waals surface area contributed by atoms with Gasteiger partial charge in [-0.15, -0.1) is 0 Å². The highest BCUT2D eigenvalue weighted by Gasteiger charge is 2.40. The molecule has 0 amide bonds. The summed E-state index contributed by atoms with van der Waals surface area (Å²) in [4.78, 5) is 52.5. The van der Waals surface area contributed by atoms with Crippen molar-refractivity contribution in [2.45, 2.75) is 31.8 Å². The summed E-state index contributed by atoms with van der Waals surface area (Å²) in [5.74, 6) is -5.48. The van der Waals surface area contributed by atoms with Gasteiger partial charge in [0.25, 0.3) is 0 Å². The van der Waals surface area contributed by atoms with Gasteiger partial charge >= 0.3 is 29.8 Å². The van der Waals surface area contributed by atoms with Crippen molar-refractivity contribution in [1.29, 1.82) is 0 Å². The van der Waals surface area contributed by atoms with E-state index in [0.717, 1.165) is 6.42 Å². The lowest BCUT2D eigenvalue weighted by atomic mass is 9.96. The minimum atomic E-state index is -2.74. The van der Waals surface area contributed by atoms with Gasteiger partial charge in [-0.2, -0.15) is 0 Å². The molecule has 37 heavy (non-hydrogen) atoms. The van der Waals surface area contributed by atoms with Crippen LogP contribution in [-0.2, 0) is 23.9 Å². The number of phenols is 2. The molecule has 0 aromatic heterocycles. The van der Waals surface area contributed by atoms with E-state index in [-0.39, 0.29) is 17.5 Å². The molecule has 0 saturated carbocycles. The maximum absolute atomic E-state index is 11.2. The monoisotopic (exact) mass is 524 g/mol. The number of phenolic OH excluding ortho intramolecular Hbond substituents is 2. The minimum absolute atomic E-state index is 0.137. The number of rotatable bonds is 9. The van der Waals surface area contributed by atoms with Crippen molar-refractivity contribution in [3.8, 4) is 11.5 Å². The number of methoxy groups -OCH3 is 1. The predicted octanol–water partition coefficient (Wildman–Crippen LogP) is 1.89. The summed E-state index contributed by atoms with van der Waals surface area (Å²) in [6.07, 6.45) is -1.48. The molecule has 13 heteroatoms. The van der Waals surface area contributed by atoms with Crippen LogP contribution in [0.15, 0.2) is 48.5 Å². The third-order valence-corrected chi connectivity index (χ3v) is 4.11. The van der Waals surface area contributed by atoms with Gasteiger partial charge in [0, 0.05) is 0 Å². The van der Waals surface area contributed by atoms with Crippen LogP contribution in [0.3, 0.4) is 0 Å². The van der Waals surface area contributed by atoms with Gasteiger partial charge in [0.15, 0.2) is 5.60 Å². The van der Waals surface area contributed by atoms with E-state index >= 15 is 0 Å². The van der Waals surface area contributed by atoms with Gasteiger partial charge in [-0.05, 0) is 55.0 Å². The molecule has 0 fully saturated rings. The van der Waals surface area contributed by atoms with Crippen molar-refractivity contribution in [2.24, 2.45) is 0 Å². The molecule has 0 spiro atoms. The fourth-order valence-electron chi connectivity index (χ4n) is 2.31. The van der Waals surface area contributed by atoms with Crippen LogP contribution < -0.4 is 0 Å². The number of carbonyl (C=O) groups is 5. The van der Waals surface area contributed by atoms with Gasteiger partial charge in [0.05, 0.1) is 37.7 Å². The zero-order valence-corrected chi connectivity index (χ0v) is 20.0. The molecule has 6 N–H and O–H groups in total. The van der Waals surface area contributed by atoms with Crippen molar-refractivity contribution in [3.05, 3.63) is 59.7 Å². The lowest BCUT2D eigenvalue weighted by Crippen LogP contribution is -2.42. The van der Waals surface area contributed by atoms with Gasteiger partial charge in [-0.25, -0.2) is 14.4 Å².